The van der Waals surface area contributed by atoms with Crippen LogP contribution < -0.4 is 14.2 Å². The molecule has 0 aliphatic carbocycles. The van der Waals surface area contributed by atoms with Crippen molar-refractivity contribution in [3.8, 4) is 40.4 Å². The number of ether oxygens (including phenoxy) is 4. The van der Waals surface area contributed by atoms with Gasteiger partial charge in [0.15, 0.2) is 12.6 Å². The molecule has 2 fully saturated rings. The molecule has 0 amide bonds. The van der Waals surface area contributed by atoms with Gasteiger partial charge in [0.1, 0.15) is 37.5 Å². The second-order valence-electron chi connectivity index (χ2n) is 17.8. The number of nitrogens with zero attached hydrogens (tertiary/aromatic N) is 4. The van der Waals surface area contributed by atoms with Crippen LogP contribution in [0.2, 0.25) is 42.3 Å². The van der Waals surface area contributed by atoms with E-state index in [1.165, 1.54) is 24.9 Å². The van der Waals surface area contributed by atoms with Crippen molar-refractivity contribution in [3.05, 3.63) is 59.8 Å². The Hall–Kier alpha value is -3.90. The summed E-state index contributed by atoms with van der Waals surface area (Å²) in [6.45, 7) is 26.9. The summed E-state index contributed by atoms with van der Waals surface area (Å²) in [5.74, 6) is 2.78. The van der Waals surface area contributed by atoms with Gasteiger partial charge in [-0.2, -0.15) is 9.97 Å². The van der Waals surface area contributed by atoms with Crippen molar-refractivity contribution in [1.29, 1.82) is 0 Å². The summed E-state index contributed by atoms with van der Waals surface area (Å²) in [4.78, 5) is 16.5. The molecule has 4 aromatic rings. The lowest BCUT2D eigenvalue weighted by atomic mass is 9.94. The fourth-order valence-electron chi connectivity index (χ4n) is 9.01. The van der Waals surface area contributed by atoms with Crippen LogP contribution in [0, 0.1) is 23.1 Å². The lowest BCUT2D eigenvalue weighted by Gasteiger charge is -2.38. The van der Waals surface area contributed by atoms with Crippen LogP contribution in [0.5, 0.6) is 17.6 Å². The maximum atomic E-state index is 17.4. The topological polar surface area (TPSA) is 78.8 Å². The van der Waals surface area contributed by atoms with Gasteiger partial charge in [0.25, 0.3) is 0 Å². The molecule has 2 aliphatic heterocycles. The van der Waals surface area contributed by atoms with Crippen LogP contribution in [-0.4, -0.2) is 81.7 Å². The summed E-state index contributed by atoms with van der Waals surface area (Å²) in [6, 6.07) is 7.46. The molecule has 4 heterocycles. The molecule has 300 valence electrons. The first kappa shape index (κ1) is 41.7. The average Bonchev–Trinajstić information content (AvgIpc) is 3.65. The van der Waals surface area contributed by atoms with Crippen LogP contribution in [0.25, 0.3) is 32.9 Å². The Morgan fingerprint density at radius 3 is 2.39 bits per heavy atom. The van der Waals surface area contributed by atoms with Crippen molar-refractivity contribution in [1.82, 2.24) is 19.9 Å². The molecule has 8 nitrogen and oxygen atoms in total. The first-order valence-corrected chi connectivity index (χ1v) is 25.9. The Morgan fingerprint density at radius 1 is 0.982 bits per heavy atom. The van der Waals surface area contributed by atoms with Gasteiger partial charge >= 0.3 is 6.01 Å². The fourth-order valence-corrected chi connectivity index (χ4v) is 14.9. The van der Waals surface area contributed by atoms with Gasteiger partial charge in [-0.15, -0.1) is 5.54 Å². The molecule has 0 N–H and O–H groups in total. The molecule has 2 aromatic heterocycles. The van der Waals surface area contributed by atoms with E-state index in [0.717, 1.165) is 38.4 Å². The first-order valence-electron chi connectivity index (χ1n) is 19.9. The van der Waals surface area contributed by atoms with Gasteiger partial charge < -0.3 is 18.9 Å². The van der Waals surface area contributed by atoms with Crippen molar-refractivity contribution in [2.24, 2.45) is 0 Å². The summed E-state index contributed by atoms with van der Waals surface area (Å²) in [6.07, 6.45) is 4.43. The summed E-state index contributed by atoms with van der Waals surface area (Å²) in [7, 11) is -2.20. The molecule has 56 heavy (non-hydrogen) atoms. The molecule has 2 aliphatic rings. The first-order chi connectivity index (χ1) is 26.5. The summed E-state index contributed by atoms with van der Waals surface area (Å²) in [5.41, 5.74) is 6.20. The number of fused-ring (bicyclic) bond motifs is 3. The number of hydrogen-bond donors (Lipinski definition) is 0. The molecule has 1 atom stereocenters. The Kier molecular flexibility index (Phi) is 12.3. The summed E-state index contributed by atoms with van der Waals surface area (Å²) < 4.78 is 57.3. The number of rotatable bonds is 14. The highest BCUT2D eigenvalue weighted by Gasteiger charge is 2.47. The number of pyridine rings is 1. The predicted octanol–water partition coefficient (Wildman–Crippen LogP) is 10.6. The Labute approximate surface area is 333 Å². The number of hydrogen-bond acceptors (Lipinski definition) is 8. The minimum Gasteiger partial charge on any atom is -0.477 e. The van der Waals surface area contributed by atoms with E-state index < -0.39 is 27.8 Å². The molecule has 0 spiro atoms. The average molecular weight is 801 g/mol. The van der Waals surface area contributed by atoms with Gasteiger partial charge in [-0.25, -0.2) is 8.78 Å². The maximum absolute atomic E-state index is 17.4. The molecule has 2 aromatic carbocycles. The number of aromatic nitrogens is 3. The Bertz CT molecular complexity index is 2160. The fraction of sp³-hybridized carbons (Fsp3) is 0.523. The molecule has 0 radical (unpaired) electrons. The minimum atomic E-state index is -2.27. The second-order valence-corrected chi connectivity index (χ2v) is 29.0. The standard InChI is InChI=1S/C44H58F2N4O4Si2/c1-28(2)56(29(3)4,30(5)6)19-15-34-37(45)14-13-32-21-33(54-27-51-8)22-35(38(32)34)40-39(46)41-36(24-47-40)42(52-18-20-55(9,10)11)49-43(48-41)53-26-44-16-12-17-50(44)25-31(7)23-44/h13-14,21-22,24,28-30H,7,12,16-18,20,23,25-27H2,1-6,8-11H3. The van der Waals surface area contributed by atoms with Crippen LogP contribution in [0.15, 0.2) is 42.6 Å². The summed E-state index contributed by atoms with van der Waals surface area (Å²) in [5, 5.41) is 1.41. The molecule has 0 saturated carbocycles. The van der Waals surface area contributed by atoms with Gasteiger partial charge in [0.05, 0.1) is 23.1 Å². The van der Waals surface area contributed by atoms with E-state index in [0.29, 0.717) is 57.3 Å². The van der Waals surface area contributed by atoms with E-state index >= 15 is 8.78 Å². The van der Waals surface area contributed by atoms with Gasteiger partial charge in [0, 0.05) is 38.9 Å². The van der Waals surface area contributed by atoms with Crippen LogP contribution in [0.1, 0.15) is 66.4 Å². The van der Waals surface area contributed by atoms with E-state index in [4.69, 9.17) is 18.9 Å². The second kappa shape index (κ2) is 16.5. The number of benzene rings is 2. The summed E-state index contributed by atoms with van der Waals surface area (Å²) >= 11 is 0. The quantitative estimate of drug-likeness (QED) is 0.0540. The van der Waals surface area contributed by atoms with Crippen LogP contribution >= 0.6 is 0 Å². The van der Waals surface area contributed by atoms with Crippen molar-refractivity contribution in [2.75, 3.05) is 40.2 Å². The lowest BCUT2D eigenvalue weighted by Crippen LogP contribution is -2.43. The SMILES string of the molecule is C=C1CN2CCCC2(COc2nc(OCC[Si](C)(C)C)c3cnc(-c4cc(OCOC)cc5ccc(F)c(C#C[Si](C(C)C)(C(C)C)C(C)C)c45)c(F)c3n2)C1. The molecule has 1 unspecified atom stereocenters. The van der Waals surface area contributed by atoms with Crippen LogP contribution in [0.4, 0.5) is 8.78 Å². The molecular weight excluding hydrogens is 743 g/mol. The third-order valence-electron chi connectivity index (χ3n) is 11.8. The van der Waals surface area contributed by atoms with E-state index in [1.807, 2.05) is 0 Å². The predicted molar refractivity (Wildman–Crippen MR) is 227 cm³/mol. The molecule has 6 rings (SSSR count). The van der Waals surface area contributed by atoms with Gasteiger partial charge in [-0.3, -0.25) is 9.88 Å². The van der Waals surface area contributed by atoms with Gasteiger partial charge in [-0.1, -0.05) is 85.3 Å². The highest BCUT2D eigenvalue weighted by Crippen LogP contribution is 2.44. The molecular formula is C44H58F2N4O4Si2. The molecule has 2 saturated heterocycles. The Morgan fingerprint density at radius 2 is 1.71 bits per heavy atom. The monoisotopic (exact) mass is 800 g/mol. The van der Waals surface area contributed by atoms with Crippen molar-refractivity contribution in [2.45, 2.75) is 109 Å². The number of halogens is 2. The van der Waals surface area contributed by atoms with E-state index in [1.54, 1.807) is 18.2 Å². The van der Waals surface area contributed by atoms with E-state index in [9.17, 15) is 0 Å². The lowest BCUT2D eigenvalue weighted by molar-refractivity contribution is 0.0512. The smallest absolute Gasteiger partial charge is 0.320 e. The maximum Gasteiger partial charge on any atom is 0.320 e. The van der Waals surface area contributed by atoms with Gasteiger partial charge in [-0.05, 0) is 72.1 Å². The largest absolute Gasteiger partial charge is 0.477 e. The van der Waals surface area contributed by atoms with Crippen LogP contribution in [0.3, 0.4) is 0 Å². The van der Waals surface area contributed by atoms with E-state index in [2.05, 4.69) is 99.1 Å². The van der Waals surface area contributed by atoms with Crippen molar-refractivity contribution in [3.63, 3.8) is 0 Å². The molecule has 0 bridgehead atoms. The minimum absolute atomic E-state index is 0.00543. The van der Waals surface area contributed by atoms with Crippen LogP contribution in [-0.2, 0) is 4.74 Å². The number of methoxy groups -OCH3 is 1. The highest BCUT2D eigenvalue weighted by molar-refractivity contribution is 6.90. The van der Waals surface area contributed by atoms with Crippen molar-refractivity contribution >= 4 is 37.8 Å². The normalized spacial score (nSPS) is 17.7. The zero-order chi connectivity index (χ0) is 40.6. The molecule has 12 heteroatoms. The Balaban J connectivity index is 1.55. The third kappa shape index (κ3) is 8.24. The van der Waals surface area contributed by atoms with Gasteiger partial charge in [0.2, 0.25) is 5.88 Å². The van der Waals surface area contributed by atoms with E-state index in [-0.39, 0.29) is 41.0 Å². The zero-order valence-corrected chi connectivity index (χ0v) is 36.9. The zero-order valence-electron chi connectivity index (χ0n) is 34.9. The highest BCUT2D eigenvalue weighted by atomic mass is 28.3. The third-order valence-corrected chi connectivity index (χ3v) is 19.8. The van der Waals surface area contributed by atoms with Crippen molar-refractivity contribution < 1.29 is 27.7 Å².